The molecule has 1 heteroatoms. The van der Waals surface area contributed by atoms with Crippen LogP contribution >= 0.6 is 0 Å². The summed E-state index contributed by atoms with van der Waals surface area (Å²) in [5.41, 5.74) is 1.42. The Labute approximate surface area is 92.4 Å². The molecule has 1 aliphatic heterocycles. The van der Waals surface area contributed by atoms with Gasteiger partial charge in [-0.3, -0.25) is 4.90 Å². The molecule has 1 unspecified atom stereocenters. The van der Waals surface area contributed by atoms with Gasteiger partial charge in [-0.15, -0.1) is 6.58 Å². The first-order valence-corrected chi connectivity index (χ1v) is 5.77. The predicted octanol–water partition coefficient (Wildman–Crippen LogP) is 3.08. The molecule has 0 aromatic heterocycles. The van der Waals surface area contributed by atoms with E-state index in [9.17, 15) is 0 Å². The Balaban J connectivity index is 1.92. The summed E-state index contributed by atoms with van der Waals surface area (Å²) in [7, 11) is 0. The summed E-state index contributed by atoms with van der Waals surface area (Å²) in [6.07, 6.45) is 4.73. The molecular weight excluding hydrogens is 182 g/mol. The van der Waals surface area contributed by atoms with E-state index in [1.807, 2.05) is 0 Å². The highest BCUT2D eigenvalue weighted by Gasteiger charge is 2.16. The molecule has 1 aliphatic rings. The Morgan fingerprint density at radius 1 is 1.33 bits per heavy atom. The van der Waals surface area contributed by atoms with Crippen LogP contribution in [-0.4, -0.2) is 18.0 Å². The Morgan fingerprint density at radius 3 is 2.87 bits per heavy atom. The zero-order chi connectivity index (χ0) is 10.5. The van der Waals surface area contributed by atoms with E-state index in [1.165, 1.54) is 31.5 Å². The average Bonchev–Trinajstić information content (AvgIpc) is 2.31. The Hall–Kier alpha value is -1.08. The van der Waals surface area contributed by atoms with Gasteiger partial charge in [-0.1, -0.05) is 36.4 Å². The Kier molecular flexibility index (Phi) is 3.57. The molecule has 0 radical (unpaired) electrons. The minimum Gasteiger partial charge on any atom is -0.299 e. The number of benzene rings is 1. The van der Waals surface area contributed by atoms with Crippen molar-refractivity contribution in [3.05, 3.63) is 48.6 Å². The molecule has 1 saturated heterocycles. The van der Waals surface area contributed by atoms with E-state index in [0.717, 1.165) is 6.54 Å². The smallest absolute Gasteiger partial charge is 0.0233 e. The van der Waals surface area contributed by atoms with Crippen LogP contribution in [-0.2, 0) is 6.54 Å². The molecule has 0 N–H and O–H groups in total. The molecule has 1 fully saturated rings. The van der Waals surface area contributed by atoms with Gasteiger partial charge in [0.15, 0.2) is 0 Å². The topological polar surface area (TPSA) is 3.24 Å². The maximum atomic E-state index is 3.90. The van der Waals surface area contributed by atoms with E-state index >= 15 is 0 Å². The fourth-order valence-corrected chi connectivity index (χ4v) is 2.27. The van der Waals surface area contributed by atoms with Crippen LogP contribution in [0, 0.1) is 5.92 Å². The molecule has 15 heavy (non-hydrogen) atoms. The van der Waals surface area contributed by atoms with Gasteiger partial charge in [0.2, 0.25) is 0 Å². The second-order valence-electron chi connectivity index (χ2n) is 4.36. The second kappa shape index (κ2) is 5.13. The third kappa shape index (κ3) is 2.93. The number of piperidine rings is 1. The number of nitrogens with zero attached hydrogens (tertiary/aromatic N) is 1. The first kappa shape index (κ1) is 10.4. The molecule has 0 saturated carbocycles. The normalized spacial score (nSPS) is 22.5. The summed E-state index contributed by atoms with van der Waals surface area (Å²) in [5.74, 6) is 0.697. The van der Waals surface area contributed by atoms with Gasteiger partial charge in [0.25, 0.3) is 0 Å². The van der Waals surface area contributed by atoms with Crippen molar-refractivity contribution in [2.45, 2.75) is 19.4 Å². The van der Waals surface area contributed by atoms with Gasteiger partial charge in [-0.05, 0) is 30.9 Å². The van der Waals surface area contributed by atoms with Crippen LogP contribution in [0.4, 0.5) is 0 Å². The highest BCUT2D eigenvalue weighted by molar-refractivity contribution is 5.14. The Bertz CT molecular complexity index is 304. The summed E-state index contributed by atoms with van der Waals surface area (Å²) >= 11 is 0. The lowest BCUT2D eigenvalue weighted by molar-refractivity contribution is 0.189. The molecule has 0 spiro atoms. The molecule has 2 rings (SSSR count). The molecule has 1 nitrogen and oxygen atoms in total. The van der Waals surface area contributed by atoms with E-state index in [1.54, 1.807) is 0 Å². The van der Waals surface area contributed by atoms with Crippen LogP contribution in [0.2, 0.25) is 0 Å². The SMILES string of the molecule is C=CC1CCCN(Cc2ccccc2)C1. The van der Waals surface area contributed by atoms with Crippen molar-refractivity contribution in [2.24, 2.45) is 5.92 Å². The molecule has 0 amide bonds. The van der Waals surface area contributed by atoms with Gasteiger partial charge in [-0.2, -0.15) is 0 Å². The quantitative estimate of drug-likeness (QED) is 0.679. The fourth-order valence-electron chi connectivity index (χ4n) is 2.27. The highest BCUT2D eigenvalue weighted by atomic mass is 15.1. The third-order valence-electron chi connectivity index (χ3n) is 3.12. The van der Waals surface area contributed by atoms with Gasteiger partial charge < -0.3 is 0 Å². The van der Waals surface area contributed by atoms with E-state index in [4.69, 9.17) is 0 Å². The number of rotatable bonds is 3. The first-order chi connectivity index (χ1) is 7.38. The van der Waals surface area contributed by atoms with E-state index < -0.39 is 0 Å². The number of likely N-dealkylation sites (tertiary alicyclic amines) is 1. The lowest BCUT2D eigenvalue weighted by Crippen LogP contribution is -2.34. The lowest BCUT2D eigenvalue weighted by Gasteiger charge is -2.31. The van der Waals surface area contributed by atoms with Crippen LogP contribution in [0.25, 0.3) is 0 Å². The molecule has 1 heterocycles. The van der Waals surface area contributed by atoms with Gasteiger partial charge in [0.1, 0.15) is 0 Å². The van der Waals surface area contributed by atoms with Crippen molar-refractivity contribution in [3.63, 3.8) is 0 Å². The summed E-state index contributed by atoms with van der Waals surface area (Å²) in [6, 6.07) is 10.7. The minimum atomic E-state index is 0.697. The molecule has 1 aromatic rings. The zero-order valence-corrected chi connectivity index (χ0v) is 9.23. The van der Waals surface area contributed by atoms with Crippen LogP contribution in [0.5, 0.6) is 0 Å². The Morgan fingerprint density at radius 2 is 2.13 bits per heavy atom. The number of hydrogen-bond acceptors (Lipinski definition) is 1. The minimum absolute atomic E-state index is 0.697. The van der Waals surface area contributed by atoms with Crippen molar-refractivity contribution >= 4 is 0 Å². The standard InChI is InChI=1S/C14H19N/c1-2-13-9-6-10-15(11-13)12-14-7-4-3-5-8-14/h2-5,7-8,13H,1,6,9-12H2. The van der Waals surface area contributed by atoms with Crippen LogP contribution < -0.4 is 0 Å². The molecular formula is C14H19N. The highest BCUT2D eigenvalue weighted by Crippen LogP contribution is 2.18. The van der Waals surface area contributed by atoms with Gasteiger partial charge in [-0.25, -0.2) is 0 Å². The van der Waals surface area contributed by atoms with Gasteiger partial charge >= 0.3 is 0 Å². The first-order valence-electron chi connectivity index (χ1n) is 5.77. The largest absolute Gasteiger partial charge is 0.299 e. The summed E-state index contributed by atoms with van der Waals surface area (Å²) < 4.78 is 0. The molecule has 0 aliphatic carbocycles. The number of hydrogen-bond donors (Lipinski definition) is 0. The van der Waals surface area contributed by atoms with E-state index in [-0.39, 0.29) is 0 Å². The van der Waals surface area contributed by atoms with Gasteiger partial charge in [0.05, 0.1) is 0 Å². The maximum absolute atomic E-state index is 3.90. The summed E-state index contributed by atoms with van der Waals surface area (Å²) in [6.45, 7) is 7.40. The van der Waals surface area contributed by atoms with E-state index in [0.29, 0.717) is 5.92 Å². The van der Waals surface area contributed by atoms with Crippen molar-refractivity contribution in [2.75, 3.05) is 13.1 Å². The van der Waals surface area contributed by atoms with Crippen molar-refractivity contribution in [1.29, 1.82) is 0 Å². The van der Waals surface area contributed by atoms with Crippen LogP contribution in [0.3, 0.4) is 0 Å². The molecule has 0 bridgehead atoms. The maximum Gasteiger partial charge on any atom is 0.0233 e. The zero-order valence-electron chi connectivity index (χ0n) is 9.23. The van der Waals surface area contributed by atoms with Crippen molar-refractivity contribution in [1.82, 2.24) is 4.90 Å². The van der Waals surface area contributed by atoms with Crippen LogP contribution in [0.15, 0.2) is 43.0 Å². The summed E-state index contributed by atoms with van der Waals surface area (Å²) in [4.78, 5) is 2.53. The lowest BCUT2D eigenvalue weighted by atomic mass is 9.98. The van der Waals surface area contributed by atoms with Crippen LogP contribution in [0.1, 0.15) is 18.4 Å². The third-order valence-corrected chi connectivity index (χ3v) is 3.12. The molecule has 1 atom stereocenters. The second-order valence-corrected chi connectivity index (χ2v) is 4.36. The predicted molar refractivity (Wildman–Crippen MR) is 64.6 cm³/mol. The average molecular weight is 201 g/mol. The molecule has 80 valence electrons. The summed E-state index contributed by atoms with van der Waals surface area (Å²) in [5, 5.41) is 0. The van der Waals surface area contributed by atoms with Crippen molar-refractivity contribution in [3.8, 4) is 0 Å². The molecule has 1 aromatic carbocycles. The van der Waals surface area contributed by atoms with Crippen molar-refractivity contribution < 1.29 is 0 Å². The fraction of sp³-hybridized carbons (Fsp3) is 0.429. The van der Waals surface area contributed by atoms with E-state index in [2.05, 4.69) is 47.9 Å². The van der Waals surface area contributed by atoms with Gasteiger partial charge in [0, 0.05) is 13.1 Å². The monoisotopic (exact) mass is 201 g/mol.